The Hall–Kier alpha value is -1.73. The molecule has 0 saturated heterocycles. The molecule has 0 saturated carbocycles. The molecule has 0 aromatic rings. The van der Waals surface area contributed by atoms with Gasteiger partial charge in [-0.05, 0) is 50.2 Å². The van der Waals surface area contributed by atoms with E-state index < -0.39 is 0 Å². The van der Waals surface area contributed by atoms with E-state index in [0.717, 1.165) is 19.3 Å². The van der Waals surface area contributed by atoms with Crippen molar-refractivity contribution < 1.29 is 4.79 Å². The molecule has 0 unspecified atom stereocenters. The highest BCUT2D eigenvalue weighted by molar-refractivity contribution is 5.87. The first-order valence-corrected chi connectivity index (χ1v) is 5.53. The lowest BCUT2D eigenvalue weighted by Gasteiger charge is -1.91. The number of carbonyl (C=O) groups is 1. The molecule has 0 atom stereocenters. The van der Waals surface area contributed by atoms with Crippen LogP contribution in [0, 0.1) is 23.7 Å². The second-order valence-electron chi connectivity index (χ2n) is 3.40. The van der Waals surface area contributed by atoms with Gasteiger partial charge in [-0.15, -0.1) is 6.58 Å². The van der Waals surface area contributed by atoms with Crippen LogP contribution in [0.1, 0.15) is 39.0 Å². The smallest absolute Gasteiger partial charge is 0.153 e. The molecular weight excluding hydrogens is 196 g/mol. The number of unbranched alkanes of at least 4 members (excludes halogenated alkanes) is 4. The molecule has 0 rings (SSSR count). The molecule has 0 amide bonds. The highest BCUT2D eigenvalue weighted by atomic mass is 16.1. The van der Waals surface area contributed by atoms with E-state index in [1.54, 1.807) is 0 Å². The van der Waals surface area contributed by atoms with Crippen molar-refractivity contribution in [3.8, 4) is 23.7 Å². The van der Waals surface area contributed by atoms with Crippen LogP contribution in [0.2, 0.25) is 0 Å². The van der Waals surface area contributed by atoms with Gasteiger partial charge in [0.25, 0.3) is 0 Å². The third-order valence-electron chi connectivity index (χ3n) is 1.83. The lowest BCUT2D eigenvalue weighted by Crippen LogP contribution is -1.77. The van der Waals surface area contributed by atoms with Crippen molar-refractivity contribution >= 4 is 5.78 Å². The molecule has 16 heavy (non-hydrogen) atoms. The second kappa shape index (κ2) is 11.3. The molecule has 0 N–H and O–H groups in total. The Morgan fingerprint density at radius 3 is 2.75 bits per heavy atom. The first-order chi connectivity index (χ1) is 7.77. The maximum absolute atomic E-state index is 10.5. The average Bonchev–Trinajstić information content (AvgIpc) is 2.25. The fraction of sp³-hybridized carbons (Fsp3) is 0.400. The van der Waals surface area contributed by atoms with E-state index in [4.69, 9.17) is 0 Å². The van der Waals surface area contributed by atoms with Gasteiger partial charge in [0.05, 0.1) is 0 Å². The number of hydrogen-bond donors (Lipinski definition) is 0. The minimum absolute atomic E-state index is 0.00415. The molecule has 0 spiro atoms. The molecule has 0 radical (unpaired) electrons. The van der Waals surface area contributed by atoms with Crippen LogP contribution < -0.4 is 0 Å². The average molecular weight is 214 g/mol. The normalized spacial score (nSPS) is 8.81. The van der Waals surface area contributed by atoms with Crippen LogP contribution in [0.4, 0.5) is 0 Å². The third-order valence-corrected chi connectivity index (χ3v) is 1.83. The molecule has 1 nitrogen and oxygen atoms in total. The molecule has 0 bridgehead atoms. The fourth-order valence-corrected chi connectivity index (χ4v) is 1.02. The van der Waals surface area contributed by atoms with Crippen LogP contribution >= 0.6 is 0 Å². The first kappa shape index (κ1) is 14.3. The molecule has 0 fully saturated rings. The molecule has 0 aliphatic heterocycles. The largest absolute Gasteiger partial charge is 0.295 e. The van der Waals surface area contributed by atoms with Crippen molar-refractivity contribution in [3.63, 3.8) is 0 Å². The van der Waals surface area contributed by atoms with Gasteiger partial charge in [-0.3, -0.25) is 4.79 Å². The van der Waals surface area contributed by atoms with Crippen molar-refractivity contribution in [1.82, 2.24) is 0 Å². The Labute approximate surface area is 98.6 Å². The summed E-state index contributed by atoms with van der Waals surface area (Å²) in [4.78, 5) is 10.5. The maximum Gasteiger partial charge on any atom is 0.153 e. The Bertz CT molecular complexity index is 352. The monoisotopic (exact) mass is 214 g/mol. The van der Waals surface area contributed by atoms with Gasteiger partial charge in [-0.25, -0.2) is 0 Å². The van der Waals surface area contributed by atoms with Gasteiger partial charge in [0.15, 0.2) is 5.78 Å². The summed E-state index contributed by atoms with van der Waals surface area (Å²) < 4.78 is 0. The Morgan fingerprint density at radius 1 is 1.25 bits per heavy atom. The number of hydrogen-bond acceptors (Lipinski definition) is 1. The van der Waals surface area contributed by atoms with Crippen LogP contribution in [0.15, 0.2) is 24.8 Å². The zero-order valence-corrected chi connectivity index (χ0v) is 9.88. The molecule has 84 valence electrons. The van der Waals surface area contributed by atoms with Crippen LogP contribution in [-0.2, 0) is 4.79 Å². The summed E-state index contributed by atoms with van der Waals surface area (Å²) in [5, 5.41) is 0. The highest BCUT2D eigenvalue weighted by Gasteiger charge is 1.83. The van der Waals surface area contributed by atoms with Gasteiger partial charge in [0, 0.05) is 6.42 Å². The minimum Gasteiger partial charge on any atom is -0.295 e. The summed E-state index contributed by atoms with van der Waals surface area (Å²) in [6.07, 6.45) is 10.4. The molecule has 0 aromatic heterocycles. The van der Waals surface area contributed by atoms with E-state index in [9.17, 15) is 4.79 Å². The number of allylic oxidation sites excluding steroid dienone is 3. The van der Waals surface area contributed by atoms with Gasteiger partial charge < -0.3 is 0 Å². The molecule has 0 heterocycles. The third kappa shape index (κ3) is 12.3. The second-order valence-corrected chi connectivity index (χ2v) is 3.40. The quantitative estimate of drug-likeness (QED) is 0.287. The van der Waals surface area contributed by atoms with Gasteiger partial charge >= 0.3 is 0 Å². The molecular formula is C15H18O. The predicted octanol–water partition coefficient (Wildman–Crippen LogP) is 3.27. The van der Waals surface area contributed by atoms with Crippen molar-refractivity contribution in [3.05, 3.63) is 24.8 Å². The van der Waals surface area contributed by atoms with Gasteiger partial charge in [0.1, 0.15) is 0 Å². The molecule has 0 aliphatic carbocycles. The maximum atomic E-state index is 10.5. The van der Waals surface area contributed by atoms with E-state index in [-0.39, 0.29) is 5.78 Å². The minimum atomic E-state index is 0.00415. The van der Waals surface area contributed by atoms with Gasteiger partial charge in [0.2, 0.25) is 0 Å². The van der Waals surface area contributed by atoms with Crippen LogP contribution in [-0.4, -0.2) is 5.78 Å². The summed E-state index contributed by atoms with van der Waals surface area (Å²) >= 11 is 0. The molecule has 0 aliphatic rings. The summed E-state index contributed by atoms with van der Waals surface area (Å²) in [7, 11) is 0. The Morgan fingerprint density at radius 2 is 2.06 bits per heavy atom. The zero-order valence-electron chi connectivity index (χ0n) is 9.88. The van der Waals surface area contributed by atoms with Gasteiger partial charge in [-0.2, -0.15) is 0 Å². The number of rotatable bonds is 6. The SMILES string of the molecule is C=CCCCCCC#CC#C/C=C/C(C)=O. The molecule has 1 heteroatoms. The van der Waals surface area contributed by atoms with E-state index in [1.165, 1.54) is 31.9 Å². The van der Waals surface area contributed by atoms with Gasteiger partial charge in [-0.1, -0.05) is 24.3 Å². The lowest BCUT2D eigenvalue weighted by molar-refractivity contribution is -0.112. The van der Waals surface area contributed by atoms with Crippen molar-refractivity contribution in [1.29, 1.82) is 0 Å². The van der Waals surface area contributed by atoms with E-state index in [2.05, 4.69) is 30.3 Å². The summed E-state index contributed by atoms with van der Waals surface area (Å²) in [6, 6.07) is 0. The summed E-state index contributed by atoms with van der Waals surface area (Å²) in [6.45, 7) is 5.17. The summed E-state index contributed by atoms with van der Waals surface area (Å²) in [5.74, 6) is 11.1. The standard InChI is InChI=1S/C15H18O/c1-3-4-5-6-7-8-9-10-11-12-13-14-15(2)16/h3,13-14H,1,4-8H2,2H3/b14-13+. The lowest BCUT2D eigenvalue weighted by atomic mass is 10.1. The van der Waals surface area contributed by atoms with E-state index >= 15 is 0 Å². The van der Waals surface area contributed by atoms with Crippen LogP contribution in [0.25, 0.3) is 0 Å². The molecule has 0 aromatic carbocycles. The number of carbonyl (C=O) groups excluding carboxylic acids is 1. The van der Waals surface area contributed by atoms with Crippen molar-refractivity contribution in [2.24, 2.45) is 0 Å². The topological polar surface area (TPSA) is 17.1 Å². The van der Waals surface area contributed by atoms with E-state index in [0.29, 0.717) is 0 Å². The van der Waals surface area contributed by atoms with Crippen molar-refractivity contribution in [2.45, 2.75) is 39.0 Å². The number of ketones is 1. The Balaban J connectivity index is 3.54. The fourth-order valence-electron chi connectivity index (χ4n) is 1.02. The Kier molecular flexibility index (Phi) is 10.1. The van der Waals surface area contributed by atoms with Crippen LogP contribution in [0.5, 0.6) is 0 Å². The van der Waals surface area contributed by atoms with Crippen LogP contribution in [0.3, 0.4) is 0 Å². The zero-order chi connectivity index (χ0) is 12.1. The van der Waals surface area contributed by atoms with E-state index in [1.807, 2.05) is 6.08 Å². The van der Waals surface area contributed by atoms with Crippen molar-refractivity contribution in [2.75, 3.05) is 0 Å². The first-order valence-electron chi connectivity index (χ1n) is 5.53. The summed E-state index contributed by atoms with van der Waals surface area (Å²) in [5.41, 5.74) is 0. The predicted molar refractivity (Wildman–Crippen MR) is 68.7 cm³/mol. The highest BCUT2D eigenvalue weighted by Crippen LogP contribution is 2.01.